The summed E-state index contributed by atoms with van der Waals surface area (Å²) in [5.74, 6) is -0.657. The molecule has 0 bridgehead atoms. The first kappa shape index (κ1) is 17.1. The Bertz CT molecular complexity index is 961. The number of aromatic hydroxyl groups is 2. The van der Waals surface area contributed by atoms with Crippen molar-refractivity contribution in [2.24, 2.45) is 0 Å². The molecular formula is C18H12Cl2N2O3. The fourth-order valence-electron chi connectivity index (χ4n) is 2.36. The number of pyridine rings is 1. The fraction of sp³-hybridized carbons (Fsp3) is 0. The van der Waals surface area contributed by atoms with Gasteiger partial charge in [0.25, 0.3) is 5.91 Å². The van der Waals surface area contributed by atoms with Gasteiger partial charge in [0.1, 0.15) is 16.7 Å². The molecule has 1 amide bonds. The summed E-state index contributed by atoms with van der Waals surface area (Å²) in [7, 11) is 0. The van der Waals surface area contributed by atoms with E-state index in [1.165, 1.54) is 24.4 Å². The first-order valence-electron chi connectivity index (χ1n) is 7.20. The van der Waals surface area contributed by atoms with E-state index in [1.807, 2.05) is 0 Å². The highest BCUT2D eigenvalue weighted by molar-refractivity contribution is 6.33. The number of phenols is 2. The molecule has 3 rings (SSSR count). The number of hydrogen-bond acceptors (Lipinski definition) is 4. The zero-order valence-corrected chi connectivity index (χ0v) is 14.2. The van der Waals surface area contributed by atoms with Gasteiger partial charge in [0.2, 0.25) is 0 Å². The van der Waals surface area contributed by atoms with Crippen LogP contribution in [0.1, 0.15) is 10.4 Å². The molecule has 0 atom stereocenters. The first-order chi connectivity index (χ1) is 12.0. The number of anilines is 1. The lowest BCUT2D eigenvalue weighted by Crippen LogP contribution is -2.13. The largest absolute Gasteiger partial charge is 0.507 e. The molecule has 0 aliphatic carbocycles. The SMILES string of the molecule is O=C(Nc1cccc(O)c1-c1ccc(Cl)c(O)c1)c1cccnc1Cl. The van der Waals surface area contributed by atoms with Crippen LogP contribution in [0.2, 0.25) is 10.2 Å². The molecule has 7 heteroatoms. The Labute approximate surface area is 153 Å². The van der Waals surface area contributed by atoms with Gasteiger partial charge in [-0.05, 0) is 42.0 Å². The van der Waals surface area contributed by atoms with E-state index in [0.717, 1.165) is 0 Å². The highest BCUT2D eigenvalue weighted by Gasteiger charge is 2.16. The van der Waals surface area contributed by atoms with Crippen molar-refractivity contribution in [2.75, 3.05) is 5.32 Å². The minimum absolute atomic E-state index is 0.0585. The number of nitrogens with zero attached hydrogens (tertiary/aromatic N) is 1. The monoisotopic (exact) mass is 374 g/mol. The van der Waals surface area contributed by atoms with Gasteiger partial charge < -0.3 is 15.5 Å². The molecule has 0 aliphatic rings. The maximum absolute atomic E-state index is 12.5. The third kappa shape index (κ3) is 3.52. The van der Waals surface area contributed by atoms with E-state index >= 15 is 0 Å². The minimum atomic E-state index is -0.469. The quantitative estimate of drug-likeness (QED) is 0.579. The highest BCUT2D eigenvalue weighted by Crippen LogP contribution is 2.39. The molecule has 0 unspecified atom stereocenters. The molecular weight excluding hydrogens is 363 g/mol. The molecule has 3 aromatic rings. The average Bonchev–Trinajstić information content (AvgIpc) is 2.58. The zero-order valence-electron chi connectivity index (χ0n) is 12.7. The standard InChI is InChI=1S/C18H12Cl2N2O3/c19-12-7-6-10(9-15(12)24)16-13(4-1-5-14(16)23)22-18(25)11-3-2-8-21-17(11)20/h1-9,23-24H,(H,22,25). The van der Waals surface area contributed by atoms with E-state index in [4.69, 9.17) is 23.2 Å². The Morgan fingerprint density at radius 1 is 1.00 bits per heavy atom. The summed E-state index contributed by atoms with van der Waals surface area (Å²) >= 11 is 11.8. The number of phenolic OH excluding ortho intramolecular Hbond substituents is 2. The van der Waals surface area contributed by atoms with E-state index in [-0.39, 0.29) is 27.2 Å². The molecule has 1 aromatic heterocycles. The number of rotatable bonds is 3. The second kappa shape index (κ2) is 7.01. The molecule has 1 heterocycles. The third-order valence-electron chi connectivity index (χ3n) is 3.53. The third-order valence-corrected chi connectivity index (χ3v) is 4.15. The second-order valence-electron chi connectivity index (χ2n) is 5.16. The lowest BCUT2D eigenvalue weighted by atomic mass is 10.0. The molecule has 0 radical (unpaired) electrons. The summed E-state index contributed by atoms with van der Waals surface area (Å²) in [6, 6.07) is 12.4. The van der Waals surface area contributed by atoms with Crippen LogP contribution in [0.3, 0.4) is 0 Å². The Balaban J connectivity index is 2.03. The summed E-state index contributed by atoms with van der Waals surface area (Å²) < 4.78 is 0. The maximum Gasteiger partial charge on any atom is 0.258 e. The Morgan fingerprint density at radius 3 is 2.52 bits per heavy atom. The van der Waals surface area contributed by atoms with Gasteiger partial charge in [-0.1, -0.05) is 35.3 Å². The van der Waals surface area contributed by atoms with E-state index < -0.39 is 5.91 Å². The first-order valence-corrected chi connectivity index (χ1v) is 7.95. The molecule has 5 nitrogen and oxygen atoms in total. The fourth-order valence-corrected chi connectivity index (χ4v) is 2.68. The lowest BCUT2D eigenvalue weighted by Gasteiger charge is -2.14. The van der Waals surface area contributed by atoms with Crippen LogP contribution in [-0.2, 0) is 0 Å². The minimum Gasteiger partial charge on any atom is -0.507 e. The Hall–Kier alpha value is -2.76. The number of benzene rings is 2. The van der Waals surface area contributed by atoms with Gasteiger partial charge in [-0.15, -0.1) is 0 Å². The van der Waals surface area contributed by atoms with Crippen molar-refractivity contribution in [3.05, 3.63) is 70.5 Å². The van der Waals surface area contributed by atoms with E-state index in [9.17, 15) is 15.0 Å². The van der Waals surface area contributed by atoms with Gasteiger partial charge in [0, 0.05) is 11.8 Å². The van der Waals surface area contributed by atoms with Gasteiger partial charge in [0.05, 0.1) is 16.3 Å². The molecule has 0 aliphatic heterocycles. The van der Waals surface area contributed by atoms with Crippen LogP contribution in [0.5, 0.6) is 11.5 Å². The van der Waals surface area contributed by atoms with E-state index in [0.29, 0.717) is 16.8 Å². The van der Waals surface area contributed by atoms with Crippen molar-refractivity contribution < 1.29 is 15.0 Å². The van der Waals surface area contributed by atoms with Crippen LogP contribution >= 0.6 is 23.2 Å². The molecule has 126 valence electrons. The van der Waals surface area contributed by atoms with E-state index in [1.54, 1.807) is 30.3 Å². The number of carbonyl (C=O) groups excluding carboxylic acids is 1. The van der Waals surface area contributed by atoms with Crippen molar-refractivity contribution in [1.29, 1.82) is 0 Å². The van der Waals surface area contributed by atoms with Gasteiger partial charge in [-0.25, -0.2) is 4.98 Å². The van der Waals surface area contributed by atoms with Crippen LogP contribution in [0.4, 0.5) is 5.69 Å². The summed E-state index contributed by atoms with van der Waals surface area (Å²) in [5.41, 5.74) is 1.40. The van der Waals surface area contributed by atoms with Crippen LogP contribution in [0, 0.1) is 0 Å². The van der Waals surface area contributed by atoms with Gasteiger partial charge in [0.15, 0.2) is 0 Å². The highest BCUT2D eigenvalue weighted by atomic mass is 35.5. The molecule has 0 saturated carbocycles. The number of halogens is 2. The Kier molecular flexibility index (Phi) is 4.79. The normalized spacial score (nSPS) is 10.5. The van der Waals surface area contributed by atoms with Crippen LogP contribution < -0.4 is 5.32 Å². The van der Waals surface area contributed by atoms with Crippen LogP contribution in [0.25, 0.3) is 11.1 Å². The zero-order chi connectivity index (χ0) is 18.0. The summed E-state index contributed by atoms with van der Waals surface area (Å²) in [4.78, 5) is 16.3. The van der Waals surface area contributed by atoms with E-state index in [2.05, 4.69) is 10.3 Å². The van der Waals surface area contributed by atoms with Crippen molar-refractivity contribution in [3.63, 3.8) is 0 Å². The molecule has 0 fully saturated rings. The molecule has 2 aromatic carbocycles. The summed E-state index contributed by atoms with van der Waals surface area (Å²) in [6.07, 6.45) is 1.48. The smallest absolute Gasteiger partial charge is 0.258 e. The van der Waals surface area contributed by atoms with Gasteiger partial charge in [-0.2, -0.15) is 0 Å². The number of nitrogens with one attached hydrogen (secondary N) is 1. The maximum atomic E-state index is 12.5. The predicted octanol–water partition coefficient (Wildman–Crippen LogP) is 4.72. The summed E-state index contributed by atoms with van der Waals surface area (Å²) in [6.45, 7) is 0. The molecule has 25 heavy (non-hydrogen) atoms. The number of carbonyl (C=O) groups is 1. The van der Waals surface area contributed by atoms with Gasteiger partial charge >= 0.3 is 0 Å². The van der Waals surface area contributed by atoms with Crippen molar-refractivity contribution >= 4 is 34.8 Å². The number of aromatic nitrogens is 1. The molecule has 3 N–H and O–H groups in total. The average molecular weight is 375 g/mol. The number of hydrogen-bond donors (Lipinski definition) is 3. The molecule has 0 spiro atoms. The molecule has 0 saturated heterocycles. The van der Waals surface area contributed by atoms with Gasteiger partial charge in [-0.3, -0.25) is 4.79 Å². The van der Waals surface area contributed by atoms with Crippen LogP contribution in [0.15, 0.2) is 54.7 Å². The van der Waals surface area contributed by atoms with Crippen molar-refractivity contribution in [2.45, 2.75) is 0 Å². The topological polar surface area (TPSA) is 82.5 Å². The van der Waals surface area contributed by atoms with Crippen molar-refractivity contribution in [3.8, 4) is 22.6 Å². The second-order valence-corrected chi connectivity index (χ2v) is 5.93. The summed E-state index contributed by atoms with van der Waals surface area (Å²) in [5, 5.41) is 23.0. The van der Waals surface area contributed by atoms with Crippen molar-refractivity contribution in [1.82, 2.24) is 4.98 Å². The Morgan fingerprint density at radius 2 is 1.80 bits per heavy atom. The lowest BCUT2D eigenvalue weighted by molar-refractivity contribution is 0.102. The number of amides is 1. The predicted molar refractivity (Wildman–Crippen MR) is 97.4 cm³/mol. The van der Waals surface area contributed by atoms with Crippen LogP contribution in [-0.4, -0.2) is 21.1 Å².